The Kier molecular flexibility index (Phi) is 7.50. The van der Waals surface area contributed by atoms with Gasteiger partial charge in [0, 0.05) is 0 Å². The van der Waals surface area contributed by atoms with Crippen molar-refractivity contribution in [3.05, 3.63) is 89.6 Å². The first kappa shape index (κ1) is 24.3. The number of carbonyl (C=O) groups is 3. The zero-order valence-electron chi connectivity index (χ0n) is 19.8. The van der Waals surface area contributed by atoms with Crippen LogP contribution in [0.25, 0.3) is 6.08 Å². The van der Waals surface area contributed by atoms with Gasteiger partial charge in [-0.2, -0.15) is 0 Å². The van der Waals surface area contributed by atoms with Gasteiger partial charge in [-0.15, -0.1) is 0 Å². The maximum Gasteiger partial charge on any atom is 0.329 e. The lowest BCUT2D eigenvalue weighted by Crippen LogP contribution is -2.38. The van der Waals surface area contributed by atoms with Crippen LogP contribution in [0.1, 0.15) is 11.1 Å². The maximum atomic E-state index is 12.8. The van der Waals surface area contributed by atoms with E-state index in [1.165, 1.54) is 20.3 Å². The smallest absolute Gasteiger partial charge is 0.329 e. The molecule has 4 amide bonds. The Labute approximate surface area is 208 Å². The first-order chi connectivity index (χ1) is 17.5. The third-order valence-electron chi connectivity index (χ3n) is 5.38. The van der Waals surface area contributed by atoms with Gasteiger partial charge in [-0.3, -0.25) is 9.59 Å². The fourth-order valence-electron chi connectivity index (χ4n) is 3.59. The van der Waals surface area contributed by atoms with Gasteiger partial charge < -0.3 is 24.8 Å². The number of imide groups is 1. The van der Waals surface area contributed by atoms with Crippen LogP contribution in [0.2, 0.25) is 0 Å². The lowest BCUT2D eigenvalue weighted by Gasteiger charge is -2.13. The highest BCUT2D eigenvalue weighted by Crippen LogP contribution is 2.30. The van der Waals surface area contributed by atoms with E-state index in [4.69, 9.17) is 14.2 Å². The van der Waals surface area contributed by atoms with Gasteiger partial charge in [-0.25, -0.2) is 9.69 Å². The molecule has 0 radical (unpaired) electrons. The van der Waals surface area contributed by atoms with Crippen LogP contribution in [0, 0.1) is 0 Å². The van der Waals surface area contributed by atoms with Gasteiger partial charge in [0.15, 0.2) is 11.5 Å². The standard InChI is InChI=1S/C27H25N3O6/c1-34-22-11-7-6-10-20(22)28-25(31)16-30-26(32)21(29-27(30)33)14-19-12-13-23(24(15-19)35-2)36-17-18-8-4-3-5-9-18/h3-15H,16-17H2,1-2H3,(H,28,31)(H,29,33)/b21-14+. The second kappa shape index (κ2) is 11.1. The molecule has 1 heterocycles. The SMILES string of the molecule is COc1ccccc1NC(=O)CN1C(=O)N/C(=C/c2ccc(OCc3ccccc3)c(OC)c2)C1=O. The molecule has 1 fully saturated rings. The summed E-state index contributed by atoms with van der Waals surface area (Å²) < 4.78 is 16.5. The molecule has 0 saturated carbocycles. The number of ether oxygens (including phenoxy) is 3. The molecule has 1 aliphatic rings. The molecule has 184 valence electrons. The molecule has 0 bridgehead atoms. The van der Waals surface area contributed by atoms with Gasteiger partial charge in [0.2, 0.25) is 5.91 Å². The van der Waals surface area contributed by atoms with E-state index in [2.05, 4.69) is 10.6 Å². The topological polar surface area (TPSA) is 106 Å². The van der Waals surface area contributed by atoms with Crippen molar-refractivity contribution in [2.75, 3.05) is 26.1 Å². The molecule has 36 heavy (non-hydrogen) atoms. The van der Waals surface area contributed by atoms with E-state index in [0.717, 1.165) is 10.5 Å². The van der Waals surface area contributed by atoms with Gasteiger partial charge in [0.05, 0.1) is 19.9 Å². The van der Waals surface area contributed by atoms with Crippen LogP contribution in [-0.4, -0.2) is 43.5 Å². The van der Waals surface area contributed by atoms with Gasteiger partial charge in [-0.1, -0.05) is 48.5 Å². The van der Waals surface area contributed by atoms with Crippen LogP contribution in [0.4, 0.5) is 10.5 Å². The molecule has 9 nitrogen and oxygen atoms in total. The predicted molar refractivity (Wildman–Crippen MR) is 134 cm³/mol. The zero-order chi connectivity index (χ0) is 25.5. The molecular formula is C27H25N3O6. The van der Waals surface area contributed by atoms with Crippen molar-refractivity contribution in [2.24, 2.45) is 0 Å². The molecule has 3 aromatic carbocycles. The Bertz CT molecular complexity index is 1310. The summed E-state index contributed by atoms with van der Waals surface area (Å²) in [7, 11) is 3.00. The molecule has 0 unspecified atom stereocenters. The van der Waals surface area contributed by atoms with E-state index >= 15 is 0 Å². The number of nitrogens with zero attached hydrogens (tertiary/aromatic N) is 1. The number of methoxy groups -OCH3 is 2. The second-order valence-electron chi connectivity index (χ2n) is 7.81. The molecule has 9 heteroatoms. The highest BCUT2D eigenvalue weighted by molar-refractivity contribution is 6.16. The lowest BCUT2D eigenvalue weighted by atomic mass is 10.1. The van der Waals surface area contributed by atoms with E-state index < -0.39 is 24.4 Å². The largest absolute Gasteiger partial charge is 0.495 e. The number of nitrogens with one attached hydrogen (secondary N) is 2. The number of carbonyl (C=O) groups excluding carboxylic acids is 3. The number of hydrogen-bond acceptors (Lipinski definition) is 6. The summed E-state index contributed by atoms with van der Waals surface area (Å²) in [6.07, 6.45) is 1.52. The van der Waals surface area contributed by atoms with Crippen LogP contribution >= 0.6 is 0 Å². The fraction of sp³-hybridized carbons (Fsp3) is 0.148. The van der Waals surface area contributed by atoms with Gasteiger partial charge in [0.1, 0.15) is 24.6 Å². The first-order valence-electron chi connectivity index (χ1n) is 11.1. The van der Waals surface area contributed by atoms with Crippen molar-refractivity contribution < 1.29 is 28.6 Å². The number of hydrogen-bond donors (Lipinski definition) is 2. The van der Waals surface area contributed by atoms with Crippen LogP contribution in [0.3, 0.4) is 0 Å². The zero-order valence-corrected chi connectivity index (χ0v) is 19.8. The Morgan fingerprint density at radius 1 is 0.917 bits per heavy atom. The summed E-state index contributed by atoms with van der Waals surface area (Å²) in [4.78, 5) is 38.5. The van der Waals surface area contributed by atoms with E-state index in [1.54, 1.807) is 42.5 Å². The Morgan fingerprint density at radius 3 is 2.39 bits per heavy atom. The molecule has 3 aromatic rings. The van der Waals surface area contributed by atoms with Crippen LogP contribution < -0.4 is 24.8 Å². The number of benzene rings is 3. The van der Waals surface area contributed by atoms with Crippen LogP contribution in [0.5, 0.6) is 17.2 Å². The van der Waals surface area contributed by atoms with Crippen LogP contribution in [-0.2, 0) is 16.2 Å². The minimum atomic E-state index is -0.684. The van der Waals surface area contributed by atoms with E-state index in [1.807, 2.05) is 30.3 Å². The van der Waals surface area contributed by atoms with Crippen molar-refractivity contribution in [3.63, 3.8) is 0 Å². The van der Waals surface area contributed by atoms with Gasteiger partial charge >= 0.3 is 6.03 Å². The lowest BCUT2D eigenvalue weighted by molar-refractivity contribution is -0.127. The maximum absolute atomic E-state index is 12.8. The summed E-state index contributed by atoms with van der Waals surface area (Å²) >= 11 is 0. The van der Waals surface area contributed by atoms with Crippen molar-refractivity contribution >= 4 is 29.6 Å². The number of urea groups is 1. The molecule has 0 atom stereocenters. The summed E-state index contributed by atoms with van der Waals surface area (Å²) in [5.74, 6) is 0.336. The second-order valence-corrected chi connectivity index (χ2v) is 7.81. The van der Waals surface area contributed by atoms with Crippen molar-refractivity contribution in [2.45, 2.75) is 6.61 Å². The van der Waals surface area contributed by atoms with E-state index in [9.17, 15) is 14.4 Å². The highest BCUT2D eigenvalue weighted by atomic mass is 16.5. The number of amides is 4. The molecular weight excluding hydrogens is 462 g/mol. The van der Waals surface area contributed by atoms with Gasteiger partial charge in [0.25, 0.3) is 5.91 Å². The third-order valence-corrected chi connectivity index (χ3v) is 5.38. The monoisotopic (exact) mass is 487 g/mol. The molecule has 2 N–H and O–H groups in total. The molecule has 1 aliphatic heterocycles. The van der Waals surface area contributed by atoms with Crippen molar-refractivity contribution in [3.8, 4) is 17.2 Å². The molecule has 0 aromatic heterocycles. The van der Waals surface area contributed by atoms with Crippen molar-refractivity contribution in [1.29, 1.82) is 0 Å². The minimum absolute atomic E-state index is 0.0464. The average Bonchev–Trinajstić information content (AvgIpc) is 3.15. The normalized spacial score (nSPS) is 13.9. The summed E-state index contributed by atoms with van der Waals surface area (Å²) in [6, 6.07) is 21.1. The minimum Gasteiger partial charge on any atom is -0.495 e. The molecule has 4 rings (SSSR count). The Hall–Kier alpha value is -4.79. The van der Waals surface area contributed by atoms with Gasteiger partial charge in [-0.05, 0) is 41.5 Å². The van der Waals surface area contributed by atoms with E-state index in [0.29, 0.717) is 35.1 Å². The van der Waals surface area contributed by atoms with Crippen molar-refractivity contribution in [1.82, 2.24) is 10.2 Å². The summed E-state index contributed by atoms with van der Waals surface area (Å²) in [6.45, 7) is -0.0757. The summed E-state index contributed by atoms with van der Waals surface area (Å²) in [5, 5.41) is 5.17. The highest BCUT2D eigenvalue weighted by Gasteiger charge is 2.35. The number of rotatable bonds is 9. The average molecular weight is 488 g/mol. The molecule has 0 spiro atoms. The number of anilines is 1. The van der Waals surface area contributed by atoms with E-state index in [-0.39, 0.29) is 5.70 Å². The predicted octanol–water partition coefficient (Wildman–Crippen LogP) is 3.81. The quantitative estimate of drug-likeness (QED) is 0.351. The summed E-state index contributed by atoms with van der Waals surface area (Å²) in [5.41, 5.74) is 2.11. The third kappa shape index (κ3) is 5.64. The molecule has 1 saturated heterocycles. The Balaban J connectivity index is 1.43. The first-order valence-corrected chi connectivity index (χ1v) is 11.1. The fourth-order valence-corrected chi connectivity index (χ4v) is 3.59. The number of para-hydroxylation sites is 2. The molecule has 0 aliphatic carbocycles. The van der Waals surface area contributed by atoms with Crippen LogP contribution in [0.15, 0.2) is 78.5 Å². The Morgan fingerprint density at radius 2 is 1.64 bits per heavy atom.